The van der Waals surface area contributed by atoms with Crippen LogP contribution in [0, 0.1) is 0 Å². The monoisotopic (exact) mass is 422 g/mol. The Bertz CT molecular complexity index is 1050. The maximum Gasteiger partial charge on any atom is 0.253 e. The highest BCUT2D eigenvalue weighted by Crippen LogP contribution is 2.29. The molecule has 2 fully saturated rings. The summed E-state index contributed by atoms with van der Waals surface area (Å²) in [5.41, 5.74) is 1.54. The second kappa shape index (κ2) is 8.50. The number of methoxy groups -OCH3 is 1. The zero-order valence-electron chi connectivity index (χ0n) is 17.6. The van der Waals surface area contributed by atoms with Gasteiger partial charge in [0.2, 0.25) is 0 Å². The van der Waals surface area contributed by atoms with Crippen LogP contribution < -0.4 is 9.64 Å². The molecule has 0 unspecified atom stereocenters. The molecule has 2 saturated heterocycles. The highest BCUT2D eigenvalue weighted by molar-refractivity contribution is 5.94. The number of carbonyl (C=O) groups excluding carboxylic acids is 1. The molecule has 2 aliphatic heterocycles. The molecule has 1 amide bonds. The van der Waals surface area contributed by atoms with Crippen LogP contribution in [0.1, 0.15) is 29.2 Å². The molecule has 0 aliphatic carbocycles. The lowest BCUT2D eigenvalue weighted by Gasteiger charge is -2.32. The van der Waals surface area contributed by atoms with Gasteiger partial charge in [-0.15, -0.1) is 0 Å². The zero-order valence-corrected chi connectivity index (χ0v) is 17.6. The van der Waals surface area contributed by atoms with Gasteiger partial charge in [-0.05, 0) is 37.1 Å². The second-order valence-corrected chi connectivity index (χ2v) is 7.87. The van der Waals surface area contributed by atoms with E-state index in [1.165, 1.54) is 0 Å². The van der Waals surface area contributed by atoms with E-state index in [-0.39, 0.29) is 11.9 Å². The molecule has 9 nitrogen and oxygen atoms in total. The largest absolute Gasteiger partial charge is 0.497 e. The fraction of sp³-hybridized carbons (Fsp3) is 0.455. The van der Waals surface area contributed by atoms with Gasteiger partial charge < -0.3 is 19.3 Å². The van der Waals surface area contributed by atoms with Gasteiger partial charge in [0.25, 0.3) is 5.91 Å². The molecule has 2 aromatic heterocycles. The van der Waals surface area contributed by atoms with Crippen molar-refractivity contribution >= 4 is 22.8 Å². The Kier molecular flexibility index (Phi) is 5.42. The van der Waals surface area contributed by atoms with E-state index in [0.717, 1.165) is 48.5 Å². The predicted molar refractivity (Wildman–Crippen MR) is 116 cm³/mol. The molecular formula is C22H26N6O3. The summed E-state index contributed by atoms with van der Waals surface area (Å²) >= 11 is 0. The Labute approximate surface area is 180 Å². The number of rotatable bonds is 4. The van der Waals surface area contributed by atoms with Gasteiger partial charge in [-0.2, -0.15) is 5.10 Å². The number of hydrogen-bond donors (Lipinski definition) is 0. The van der Waals surface area contributed by atoms with Gasteiger partial charge in [0.1, 0.15) is 17.9 Å². The maximum absolute atomic E-state index is 12.9. The molecule has 0 radical (unpaired) electrons. The summed E-state index contributed by atoms with van der Waals surface area (Å²) < 4.78 is 12.7. The number of piperidine rings is 1. The lowest BCUT2D eigenvalue weighted by Crippen LogP contribution is -2.39. The highest BCUT2D eigenvalue weighted by Gasteiger charge is 2.27. The topological polar surface area (TPSA) is 85.6 Å². The summed E-state index contributed by atoms with van der Waals surface area (Å²) in [6.45, 7) is 4.45. The molecule has 162 valence electrons. The molecule has 0 saturated carbocycles. The SMILES string of the molecule is COc1ccc(C(=O)N2CCC(n3ncc4c(N5CCOCC5)ncnc43)CC2)cc1. The Morgan fingerprint density at radius 2 is 1.81 bits per heavy atom. The van der Waals surface area contributed by atoms with E-state index in [9.17, 15) is 4.79 Å². The van der Waals surface area contributed by atoms with Gasteiger partial charge in [-0.25, -0.2) is 14.6 Å². The highest BCUT2D eigenvalue weighted by atomic mass is 16.5. The van der Waals surface area contributed by atoms with Crippen molar-refractivity contribution < 1.29 is 14.3 Å². The molecule has 2 aliphatic rings. The second-order valence-electron chi connectivity index (χ2n) is 7.87. The number of likely N-dealkylation sites (tertiary alicyclic amines) is 1. The minimum Gasteiger partial charge on any atom is -0.497 e. The summed E-state index contributed by atoms with van der Waals surface area (Å²) in [5, 5.41) is 5.63. The third-order valence-corrected chi connectivity index (χ3v) is 6.12. The van der Waals surface area contributed by atoms with E-state index in [4.69, 9.17) is 9.47 Å². The molecular weight excluding hydrogens is 396 g/mol. The first-order valence-electron chi connectivity index (χ1n) is 10.7. The Morgan fingerprint density at radius 1 is 1.06 bits per heavy atom. The number of ether oxygens (including phenoxy) is 2. The predicted octanol–water partition coefficient (Wildman–Crippen LogP) is 2.15. The van der Waals surface area contributed by atoms with Crippen molar-refractivity contribution in [2.75, 3.05) is 51.4 Å². The lowest BCUT2D eigenvalue weighted by atomic mass is 10.0. The molecule has 31 heavy (non-hydrogen) atoms. The fourth-order valence-corrected chi connectivity index (χ4v) is 4.37. The molecule has 0 spiro atoms. The van der Waals surface area contributed by atoms with Gasteiger partial charge in [0.05, 0.1) is 37.9 Å². The summed E-state index contributed by atoms with van der Waals surface area (Å²) in [7, 11) is 1.62. The number of benzene rings is 1. The number of hydrogen-bond acceptors (Lipinski definition) is 7. The smallest absolute Gasteiger partial charge is 0.253 e. The number of anilines is 1. The molecule has 5 rings (SSSR count). The average molecular weight is 422 g/mol. The summed E-state index contributed by atoms with van der Waals surface area (Å²) in [6, 6.07) is 7.49. The number of nitrogens with zero attached hydrogens (tertiary/aromatic N) is 6. The number of aromatic nitrogens is 4. The van der Waals surface area contributed by atoms with Crippen molar-refractivity contribution in [1.82, 2.24) is 24.6 Å². The third kappa shape index (κ3) is 3.81. The van der Waals surface area contributed by atoms with Crippen LogP contribution in [0.4, 0.5) is 5.82 Å². The number of amides is 1. The van der Waals surface area contributed by atoms with E-state index in [0.29, 0.717) is 31.9 Å². The molecule has 4 heterocycles. The van der Waals surface area contributed by atoms with Crippen LogP contribution in [0.5, 0.6) is 5.75 Å². The normalized spacial score (nSPS) is 17.8. The first kappa shape index (κ1) is 19.7. The van der Waals surface area contributed by atoms with Gasteiger partial charge in [-0.3, -0.25) is 4.79 Å². The maximum atomic E-state index is 12.9. The van der Waals surface area contributed by atoms with E-state index >= 15 is 0 Å². The van der Waals surface area contributed by atoms with Gasteiger partial charge in [0.15, 0.2) is 5.65 Å². The van der Waals surface area contributed by atoms with E-state index in [1.807, 2.05) is 40.0 Å². The van der Waals surface area contributed by atoms with Crippen LogP contribution in [0.25, 0.3) is 11.0 Å². The van der Waals surface area contributed by atoms with Crippen LogP contribution in [0.15, 0.2) is 36.8 Å². The van der Waals surface area contributed by atoms with Gasteiger partial charge in [-0.1, -0.05) is 0 Å². The van der Waals surface area contributed by atoms with Crippen LogP contribution in [-0.2, 0) is 4.74 Å². The van der Waals surface area contributed by atoms with E-state index in [1.54, 1.807) is 13.4 Å². The van der Waals surface area contributed by atoms with Crippen molar-refractivity contribution in [2.45, 2.75) is 18.9 Å². The number of morpholine rings is 1. The Hall–Kier alpha value is -3.20. The summed E-state index contributed by atoms with van der Waals surface area (Å²) in [6.07, 6.45) is 5.17. The third-order valence-electron chi connectivity index (χ3n) is 6.12. The molecule has 3 aromatic rings. The van der Waals surface area contributed by atoms with Gasteiger partial charge in [0, 0.05) is 31.7 Å². The van der Waals surface area contributed by atoms with Crippen molar-refractivity contribution in [3.8, 4) is 5.75 Å². The lowest BCUT2D eigenvalue weighted by molar-refractivity contribution is 0.0691. The van der Waals surface area contributed by atoms with Crippen molar-refractivity contribution in [3.63, 3.8) is 0 Å². The number of fused-ring (bicyclic) bond motifs is 1. The quantitative estimate of drug-likeness (QED) is 0.637. The zero-order chi connectivity index (χ0) is 21.2. The van der Waals surface area contributed by atoms with Crippen LogP contribution in [0.3, 0.4) is 0 Å². The van der Waals surface area contributed by atoms with Crippen LogP contribution in [0.2, 0.25) is 0 Å². The molecule has 0 atom stereocenters. The standard InChI is InChI=1S/C22H26N6O3/c1-30-18-4-2-16(3-5-18)22(29)27-8-6-17(7-9-27)28-21-19(14-25-28)20(23-15-24-21)26-10-12-31-13-11-26/h2-5,14-15,17H,6-13H2,1H3. The van der Waals surface area contributed by atoms with Crippen molar-refractivity contribution in [2.24, 2.45) is 0 Å². The number of carbonyl (C=O) groups is 1. The first-order chi connectivity index (χ1) is 15.2. The van der Waals surface area contributed by atoms with E-state index in [2.05, 4.69) is 20.0 Å². The van der Waals surface area contributed by atoms with Crippen LogP contribution in [-0.4, -0.2) is 77.1 Å². The first-order valence-corrected chi connectivity index (χ1v) is 10.7. The summed E-state index contributed by atoms with van der Waals surface area (Å²) in [5.74, 6) is 1.73. The average Bonchev–Trinajstić information content (AvgIpc) is 3.29. The molecule has 0 bridgehead atoms. The summed E-state index contributed by atoms with van der Waals surface area (Å²) in [4.78, 5) is 26.0. The fourth-order valence-electron chi connectivity index (χ4n) is 4.37. The Morgan fingerprint density at radius 3 is 2.52 bits per heavy atom. The van der Waals surface area contributed by atoms with Gasteiger partial charge >= 0.3 is 0 Å². The Balaban J connectivity index is 1.29. The van der Waals surface area contributed by atoms with Crippen molar-refractivity contribution in [1.29, 1.82) is 0 Å². The van der Waals surface area contributed by atoms with E-state index < -0.39 is 0 Å². The van der Waals surface area contributed by atoms with Crippen molar-refractivity contribution in [3.05, 3.63) is 42.4 Å². The van der Waals surface area contributed by atoms with Crippen LogP contribution >= 0.6 is 0 Å². The molecule has 0 N–H and O–H groups in total. The minimum atomic E-state index is 0.0587. The molecule has 1 aromatic carbocycles. The minimum absolute atomic E-state index is 0.0587. The molecule has 9 heteroatoms.